The van der Waals surface area contributed by atoms with E-state index in [-0.39, 0.29) is 24.4 Å². The van der Waals surface area contributed by atoms with Crippen LogP contribution in [-0.4, -0.2) is 29.4 Å². The van der Waals surface area contributed by atoms with E-state index in [1.165, 1.54) is 6.42 Å². The van der Waals surface area contributed by atoms with Crippen molar-refractivity contribution in [1.29, 1.82) is 0 Å². The molecule has 1 heterocycles. The van der Waals surface area contributed by atoms with Crippen molar-refractivity contribution in [3.63, 3.8) is 0 Å². The van der Waals surface area contributed by atoms with Crippen molar-refractivity contribution in [2.45, 2.75) is 59.0 Å². The molecule has 3 atom stereocenters. The molecular weight excluding hydrogens is 236 g/mol. The summed E-state index contributed by atoms with van der Waals surface area (Å²) in [6.45, 7) is 9.64. The molecule has 2 bridgehead atoms. The SMILES string of the molecule is CC(N)C(=O)N1CC2(C)CC1CC(C)(C)C2.Cl. The summed E-state index contributed by atoms with van der Waals surface area (Å²) >= 11 is 0. The smallest absolute Gasteiger partial charge is 0.239 e. The molecule has 0 aromatic rings. The van der Waals surface area contributed by atoms with Crippen LogP contribution in [0, 0.1) is 10.8 Å². The third-order valence-electron chi connectivity index (χ3n) is 4.09. The van der Waals surface area contributed by atoms with Gasteiger partial charge in [-0.3, -0.25) is 4.79 Å². The van der Waals surface area contributed by atoms with Crippen molar-refractivity contribution in [2.24, 2.45) is 16.6 Å². The van der Waals surface area contributed by atoms with Gasteiger partial charge in [-0.25, -0.2) is 0 Å². The lowest BCUT2D eigenvalue weighted by Crippen LogP contribution is -2.45. The Morgan fingerprint density at radius 3 is 2.47 bits per heavy atom. The van der Waals surface area contributed by atoms with Crippen LogP contribution in [0.3, 0.4) is 0 Å². The lowest BCUT2D eigenvalue weighted by molar-refractivity contribution is -0.133. The second-order valence-electron chi connectivity index (χ2n) is 6.97. The summed E-state index contributed by atoms with van der Waals surface area (Å²) in [4.78, 5) is 14.1. The van der Waals surface area contributed by atoms with Crippen molar-refractivity contribution >= 4 is 18.3 Å². The molecule has 100 valence electrons. The van der Waals surface area contributed by atoms with Gasteiger partial charge in [-0.05, 0) is 37.0 Å². The van der Waals surface area contributed by atoms with Crippen molar-refractivity contribution in [2.75, 3.05) is 6.54 Å². The minimum absolute atomic E-state index is 0. The number of halogens is 1. The van der Waals surface area contributed by atoms with Crippen LogP contribution in [0.25, 0.3) is 0 Å². The second-order valence-corrected chi connectivity index (χ2v) is 6.97. The first-order chi connectivity index (χ1) is 7.22. The number of hydrogen-bond donors (Lipinski definition) is 1. The number of hydrogen-bond acceptors (Lipinski definition) is 2. The summed E-state index contributed by atoms with van der Waals surface area (Å²) < 4.78 is 0. The molecule has 2 fully saturated rings. The maximum Gasteiger partial charge on any atom is 0.239 e. The fourth-order valence-corrected chi connectivity index (χ4v) is 3.98. The molecule has 1 saturated heterocycles. The van der Waals surface area contributed by atoms with E-state index in [2.05, 4.69) is 20.8 Å². The normalized spacial score (nSPS) is 36.3. The lowest BCUT2D eigenvalue weighted by Gasteiger charge is -2.39. The average Bonchev–Trinajstić information content (AvgIpc) is 2.33. The third kappa shape index (κ3) is 2.76. The van der Waals surface area contributed by atoms with E-state index in [1.807, 2.05) is 4.90 Å². The highest BCUT2D eigenvalue weighted by Crippen LogP contribution is 2.52. The molecule has 0 radical (unpaired) electrons. The zero-order chi connectivity index (χ0) is 12.1. The molecule has 17 heavy (non-hydrogen) atoms. The Morgan fingerprint density at radius 1 is 1.35 bits per heavy atom. The van der Waals surface area contributed by atoms with Gasteiger partial charge in [0.1, 0.15) is 0 Å². The van der Waals surface area contributed by atoms with E-state index in [1.54, 1.807) is 6.92 Å². The summed E-state index contributed by atoms with van der Waals surface area (Å²) in [5.74, 6) is 0.131. The van der Waals surface area contributed by atoms with Gasteiger partial charge in [-0.2, -0.15) is 0 Å². The average molecular weight is 261 g/mol. The van der Waals surface area contributed by atoms with Crippen LogP contribution < -0.4 is 5.73 Å². The van der Waals surface area contributed by atoms with Crippen LogP contribution in [0.1, 0.15) is 47.0 Å². The molecule has 1 saturated carbocycles. The molecule has 1 aliphatic carbocycles. The fourth-order valence-electron chi connectivity index (χ4n) is 3.98. The maximum atomic E-state index is 12.0. The molecule has 0 spiro atoms. The standard InChI is InChI=1S/C13H24N2O.ClH/c1-9(14)11(16)15-8-13(4)6-10(15)5-12(2,3)7-13;/h9-10H,5-8,14H2,1-4H3;1H. The van der Waals surface area contributed by atoms with Gasteiger partial charge in [0.05, 0.1) is 6.04 Å². The Labute approximate surface area is 111 Å². The summed E-state index contributed by atoms with van der Waals surface area (Å²) in [5, 5.41) is 0. The number of carbonyl (C=O) groups is 1. The largest absolute Gasteiger partial charge is 0.338 e. The zero-order valence-electron chi connectivity index (χ0n) is 11.3. The highest BCUT2D eigenvalue weighted by Gasteiger charge is 2.51. The Morgan fingerprint density at radius 2 is 1.94 bits per heavy atom. The van der Waals surface area contributed by atoms with E-state index in [4.69, 9.17) is 5.73 Å². The van der Waals surface area contributed by atoms with E-state index in [0.717, 1.165) is 19.4 Å². The van der Waals surface area contributed by atoms with E-state index >= 15 is 0 Å². The molecule has 3 nitrogen and oxygen atoms in total. The van der Waals surface area contributed by atoms with Gasteiger partial charge in [0, 0.05) is 12.6 Å². The highest BCUT2D eigenvalue weighted by molar-refractivity contribution is 5.85. The third-order valence-corrected chi connectivity index (χ3v) is 4.09. The highest BCUT2D eigenvalue weighted by atomic mass is 35.5. The van der Waals surface area contributed by atoms with Gasteiger partial charge in [-0.15, -0.1) is 12.4 Å². The fraction of sp³-hybridized carbons (Fsp3) is 0.923. The topological polar surface area (TPSA) is 46.3 Å². The van der Waals surface area contributed by atoms with Gasteiger partial charge in [0.25, 0.3) is 0 Å². The van der Waals surface area contributed by atoms with Gasteiger partial charge in [-0.1, -0.05) is 20.8 Å². The molecule has 2 aliphatic rings. The number of fused-ring (bicyclic) bond motifs is 2. The Kier molecular flexibility index (Phi) is 3.85. The molecule has 2 rings (SSSR count). The molecule has 2 N–H and O–H groups in total. The minimum Gasteiger partial charge on any atom is -0.338 e. The minimum atomic E-state index is -0.355. The van der Waals surface area contributed by atoms with Gasteiger partial charge in [0.15, 0.2) is 0 Å². The van der Waals surface area contributed by atoms with Crippen molar-refractivity contribution in [3.05, 3.63) is 0 Å². The number of likely N-dealkylation sites (tertiary alicyclic amines) is 1. The lowest BCUT2D eigenvalue weighted by atomic mass is 9.65. The predicted octanol–water partition coefficient (Wildman–Crippen LogP) is 2.18. The first-order valence-electron chi connectivity index (χ1n) is 6.29. The molecule has 4 heteroatoms. The van der Waals surface area contributed by atoms with Crippen molar-refractivity contribution in [1.82, 2.24) is 4.90 Å². The molecular formula is C13H25ClN2O. The number of nitrogens with two attached hydrogens (primary N) is 1. The summed E-state index contributed by atoms with van der Waals surface area (Å²) in [7, 11) is 0. The van der Waals surface area contributed by atoms with E-state index in [0.29, 0.717) is 16.9 Å². The van der Waals surface area contributed by atoms with E-state index in [9.17, 15) is 4.79 Å². The van der Waals surface area contributed by atoms with Crippen LogP contribution in [0.4, 0.5) is 0 Å². The Hall–Kier alpha value is -0.280. The molecule has 3 unspecified atom stereocenters. The molecule has 1 aliphatic heterocycles. The van der Waals surface area contributed by atoms with Gasteiger partial charge >= 0.3 is 0 Å². The van der Waals surface area contributed by atoms with Crippen LogP contribution in [0.15, 0.2) is 0 Å². The zero-order valence-corrected chi connectivity index (χ0v) is 12.1. The first kappa shape index (κ1) is 14.8. The Balaban J connectivity index is 0.00000144. The predicted molar refractivity (Wildman–Crippen MR) is 72.1 cm³/mol. The van der Waals surface area contributed by atoms with Crippen LogP contribution in [0.5, 0.6) is 0 Å². The van der Waals surface area contributed by atoms with Crippen LogP contribution >= 0.6 is 12.4 Å². The molecule has 1 amide bonds. The van der Waals surface area contributed by atoms with Crippen LogP contribution in [-0.2, 0) is 4.79 Å². The first-order valence-corrected chi connectivity index (χ1v) is 6.29. The number of nitrogens with zero attached hydrogens (tertiary/aromatic N) is 1. The number of carbonyl (C=O) groups excluding carboxylic acids is 1. The summed E-state index contributed by atoms with van der Waals surface area (Å²) in [6, 6.07) is 0.0679. The van der Waals surface area contributed by atoms with Gasteiger partial charge in [0.2, 0.25) is 5.91 Å². The summed E-state index contributed by atoms with van der Waals surface area (Å²) in [6.07, 6.45) is 3.51. The monoisotopic (exact) mass is 260 g/mol. The molecule has 0 aromatic heterocycles. The maximum absolute atomic E-state index is 12.0. The second kappa shape index (κ2) is 4.43. The summed E-state index contributed by atoms with van der Waals surface area (Å²) in [5.41, 5.74) is 6.40. The number of amides is 1. The van der Waals surface area contributed by atoms with Gasteiger partial charge < -0.3 is 10.6 Å². The molecule has 0 aromatic carbocycles. The quantitative estimate of drug-likeness (QED) is 0.786. The number of rotatable bonds is 1. The van der Waals surface area contributed by atoms with Crippen molar-refractivity contribution in [3.8, 4) is 0 Å². The Bertz CT molecular complexity index is 317. The van der Waals surface area contributed by atoms with E-state index < -0.39 is 0 Å². The van der Waals surface area contributed by atoms with Crippen molar-refractivity contribution < 1.29 is 4.79 Å². The van der Waals surface area contributed by atoms with Crippen LogP contribution in [0.2, 0.25) is 0 Å².